The van der Waals surface area contributed by atoms with E-state index in [0.717, 1.165) is 0 Å². The minimum atomic E-state index is -2.17. The summed E-state index contributed by atoms with van der Waals surface area (Å²) in [6.07, 6.45) is 0. The van der Waals surface area contributed by atoms with Gasteiger partial charge in [0.2, 0.25) is 0 Å². The summed E-state index contributed by atoms with van der Waals surface area (Å²) >= 11 is 0. The van der Waals surface area contributed by atoms with Crippen molar-refractivity contribution in [3.63, 3.8) is 0 Å². The molecule has 0 aliphatic heterocycles. The molecule has 0 aliphatic carbocycles. The fourth-order valence-electron chi connectivity index (χ4n) is 0. The molecule has 144 N–H and O–H groups in total. The molecule has 0 heterocycles. The molecule has 0 aromatic rings. The van der Waals surface area contributed by atoms with Crippen LogP contribution in [0, 0.1) is 0 Å². The zero-order valence-electron chi connectivity index (χ0n) is 48.5. The van der Waals surface area contributed by atoms with Crippen LogP contribution in [0.15, 0.2) is 0 Å². The van der Waals surface area contributed by atoms with E-state index in [-0.39, 0.29) is 221 Å². The molecule has 0 saturated heterocycles. The van der Waals surface area contributed by atoms with Crippen LogP contribution in [0.4, 0.5) is 0 Å². The van der Waals surface area contributed by atoms with E-state index in [1.807, 2.05) is 0 Å². The molecule has 0 bridgehead atoms. The van der Waals surface area contributed by atoms with E-state index in [2.05, 4.69) is 0 Å². The van der Waals surface area contributed by atoms with Crippen LogP contribution in [0.25, 0.3) is 0 Å². The van der Waals surface area contributed by atoms with Gasteiger partial charge in [0, 0.05) is 0 Å². The highest BCUT2D eigenvalue weighted by Crippen LogP contribution is 1.44. The van der Waals surface area contributed by atoms with Crippen molar-refractivity contribution in [3.8, 4) is 0 Å². The molecule has 0 spiro atoms. The van der Waals surface area contributed by atoms with Crippen LogP contribution >= 0.6 is 0 Å². The minimum Gasteiger partial charge on any atom is -0.402 e. The van der Waals surface area contributed by atoms with Gasteiger partial charge in [-0.1, -0.05) is 0 Å². The van der Waals surface area contributed by atoms with Crippen LogP contribution in [0.1, 0.15) is 0 Å². The SMILES string of the molecule is N.N.N.N.N.N.N.N.N.N.N.N.N.N.N.N.N.N.N.N.N.N.N.N.N.N.N.N.N.N.N.N.N.N.N.N.OB(O)O.OB(O)O.OB(O)O.OB(O)O.OB(O)O.OB(O)O.OB(O)O.OB(O)O.OB(O)O.OB(O)O.OB(O)O.OB(O)O. The van der Waals surface area contributed by atoms with Crippen LogP contribution < -0.4 is 221 Å². The van der Waals surface area contributed by atoms with E-state index >= 15 is 0 Å². The zero-order valence-corrected chi connectivity index (χ0v) is 48.5. The highest BCUT2D eigenvalue weighted by atomic mass is 16.6. The third-order valence-corrected chi connectivity index (χ3v) is 0. The maximum absolute atomic E-state index is 7.17. The lowest BCUT2D eigenvalue weighted by atomic mass is 10.3. The van der Waals surface area contributed by atoms with E-state index in [1.165, 1.54) is 0 Å². The van der Waals surface area contributed by atoms with Gasteiger partial charge in [0.15, 0.2) is 0 Å². The molecule has 0 unspecified atom stereocenters. The normalized spacial score (nSPS) is 3.86. The smallest absolute Gasteiger partial charge is 0.402 e. The lowest BCUT2D eigenvalue weighted by Gasteiger charge is -1.69. The Bertz CT molecular complexity index is 308. The van der Waals surface area contributed by atoms with Crippen molar-refractivity contribution in [2.45, 2.75) is 0 Å². The molecule has 0 rings (SSSR count). The Morgan fingerprint density at radius 2 is 0.0595 bits per heavy atom. The van der Waals surface area contributed by atoms with Crippen LogP contribution in [0.2, 0.25) is 0 Å². The van der Waals surface area contributed by atoms with Gasteiger partial charge in [0.05, 0.1) is 0 Å². The molecule has 0 aliphatic rings. The molecule has 0 fully saturated rings. The minimum absolute atomic E-state index is 0. The molecule has 84 heteroatoms. The van der Waals surface area contributed by atoms with E-state index in [0.29, 0.717) is 0 Å². The van der Waals surface area contributed by atoms with Crippen molar-refractivity contribution in [2.24, 2.45) is 0 Å². The monoisotopic (exact) mass is 1360 g/mol. The average Bonchev–Trinajstić information content (AvgIpc) is 2.61. The van der Waals surface area contributed by atoms with Gasteiger partial charge in [0.25, 0.3) is 0 Å². The quantitative estimate of drug-likeness (QED) is 0.100. The van der Waals surface area contributed by atoms with E-state index in [1.54, 1.807) is 0 Å². The molecule has 84 heavy (non-hydrogen) atoms. The first kappa shape index (κ1) is 466. The second kappa shape index (κ2) is 449. The van der Waals surface area contributed by atoms with Crippen molar-refractivity contribution < 1.29 is 181 Å². The highest BCUT2D eigenvalue weighted by molar-refractivity contribution is 6.33. The highest BCUT2D eigenvalue weighted by Gasteiger charge is 1.96. The summed E-state index contributed by atoms with van der Waals surface area (Å²) in [4.78, 5) is 0. The maximum Gasteiger partial charge on any atom is 0.631 e. The Kier molecular flexibility index (Phi) is 2500. The van der Waals surface area contributed by atoms with Gasteiger partial charge in [0.1, 0.15) is 0 Å². The van der Waals surface area contributed by atoms with Crippen LogP contribution in [-0.2, 0) is 0 Å². The summed E-state index contributed by atoms with van der Waals surface area (Å²) in [6, 6.07) is 0. The first-order chi connectivity index (χ1) is 20.8. The van der Waals surface area contributed by atoms with Crippen LogP contribution in [0.5, 0.6) is 0 Å². The Morgan fingerprint density at radius 1 is 0.0595 bits per heavy atom. The van der Waals surface area contributed by atoms with Crippen molar-refractivity contribution in [1.82, 2.24) is 221 Å². The molecule has 0 radical (unpaired) electrons. The number of hydrogen-bond donors (Lipinski definition) is 72. The van der Waals surface area contributed by atoms with Gasteiger partial charge in [-0.15, -0.1) is 0 Å². The predicted molar refractivity (Wildman–Crippen MR) is 330 cm³/mol. The molecule has 0 saturated carbocycles. The molecule has 0 atom stereocenters. The average molecular weight is 1360 g/mol. The van der Waals surface area contributed by atoms with Crippen molar-refractivity contribution in [1.29, 1.82) is 0 Å². The topological polar surface area (TPSA) is 1990 Å². The summed E-state index contributed by atoms with van der Waals surface area (Å²) in [5.74, 6) is 0. The predicted octanol–water partition coefficient (Wildman–Crippen LogP) is -18.8. The number of rotatable bonds is 0. The second-order valence-electron chi connectivity index (χ2n) is 4.16. The Labute approximate surface area is 490 Å². The Hall–Kier alpha value is -2.10. The van der Waals surface area contributed by atoms with Crippen molar-refractivity contribution >= 4 is 87.9 Å². The third-order valence-electron chi connectivity index (χ3n) is 0. The van der Waals surface area contributed by atoms with Crippen LogP contribution in [0.3, 0.4) is 0 Å². The van der Waals surface area contributed by atoms with E-state index < -0.39 is 87.9 Å². The lowest BCUT2D eigenvalue weighted by molar-refractivity contribution is 0.276. The molecule has 0 aromatic carbocycles. The zero-order chi connectivity index (χ0) is 42.9. The number of hydrogen-bond acceptors (Lipinski definition) is 72. The summed E-state index contributed by atoms with van der Waals surface area (Å²) in [6.45, 7) is 0. The standard InChI is InChI=1S/12BH3O3.36H3N/c12*2-1(3)4;;;;;;;;;;;;;;;;;;;;;;;;;;;;;;;;;;;;/h12*2-4H;36*1H3. The molecular weight excluding hydrogens is 1210 g/mol. The molecular formula is H144B12N36O36. The largest absolute Gasteiger partial charge is 0.631 e. The molecule has 0 amide bonds. The fraction of sp³-hybridized carbons (Fsp3) is 0. The van der Waals surface area contributed by atoms with Gasteiger partial charge >= 0.3 is 87.9 Å². The molecule has 72 nitrogen and oxygen atoms in total. The molecule has 0 aromatic heterocycles. The molecule has 576 valence electrons. The van der Waals surface area contributed by atoms with Crippen molar-refractivity contribution in [2.75, 3.05) is 0 Å². The first-order valence-electron chi connectivity index (χ1n) is 9.30. The van der Waals surface area contributed by atoms with Gasteiger partial charge in [-0.05, 0) is 0 Å². The van der Waals surface area contributed by atoms with Gasteiger partial charge < -0.3 is 402 Å². The Balaban J connectivity index is -0.00000000352. The van der Waals surface area contributed by atoms with E-state index in [9.17, 15) is 0 Å². The first-order valence-corrected chi connectivity index (χ1v) is 9.30. The van der Waals surface area contributed by atoms with Crippen molar-refractivity contribution in [3.05, 3.63) is 0 Å². The Morgan fingerprint density at radius 3 is 0.0595 bits per heavy atom. The van der Waals surface area contributed by atoms with Gasteiger partial charge in [-0.25, -0.2) is 0 Å². The summed E-state index contributed by atoms with van der Waals surface area (Å²) < 4.78 is 0. The van der Waals surface area contributed by atoms with E-state index in [4.69, 9.17) is 181 Å². The maximum atomic E-state index is 7.17. The fourth-order valence-corrected chi connectivity index (χ4v) is 0. The summed E-state index contributed by atoms with van der Waals surface area (Å²) in [7, 11) is -26.0. The van der Waals surface area contributed by atoms with Gasteiger partial charge in [-0.2, -0.15) is 0 Å². The third kappa shape index (κ3) is 113000. The second-order valence-corrected chi connectivity index (χ2v) is 4.16. The summed E-state index contributed by atoms with van der Waals surface area (Å²) in [5, 5.41) is 258. The van der Waals surface area contributed by atoms with Gasteiger partial charge in [-0.3, -0.25) is 0 Å². The lowest BCUT2D eigenvalue weighted by Crippen LogP contribution is -2.07. The van der Waals surface area contributed by atoms with Crippen LogP contribution in [-0.4, -0.2) is 269 Å². The summed E-state index contributed by atoms with van der Waals surface area (Å²) in [5.41, 5.74) is 0.